The van der Waals surface area contributed by atoms with Crippen molar-refractivity contribution in [3.8, 4) is 0 Å². The van der Waals surface area contributed by atoms with E-state index in [1.165, 1.54) is 0 Å². The zero-order valence-electron chi connectivity index (χ0n) is 22.1. The second-order valence-corrected chi connectivity index (χ2v) is 10.5. The fourth-order valence-electron chi connectivity index (χ4n) is 5.68. The minimum atomic E-state index is -0.271. The highest BCUT2D eigenvalue weighted by atomic mass is 19.1. The first-order valence-corrected chi connectivity index (χ1v) is 13.3. The zero-order valence-corrected chi connectivity index (χ0v) is 22.1. The number of aromatic nitrogens is 2. The summed E-state index contributed by atoms with van der Waals surface area (Å²) in [5.74, 6) is 1.54. The Morgan fingerprint density at radius 1 is 1.14 bits per heavy atom. The predicted octanol–water partition coefficient (Wildman–Crippen LogP) is 3.62. The molecule has 4 heterocycles. The molecule has 2 N–H and O–H groups in total. The van der Waals surface area contributed by atoms with E-state index in [0.29, 0.717) is 28.9 Å². The molecule has 1 atom stereocenters. The van der Waals surface area contributed by atoms with Gasteiger partial charge in [-0.2, -0.15) is 5.10 Å². The minimum absolute atomic E-state index is 0.194. The Kier molecular flexibility index (Phi) is 7.29. The summed E-state index contributed by atoms with van der Waals surface area (Å²) in [6.45, 7) is 13.3. The van der Waals surface area contributed by atoms with Gasteiger partial charge in [0.15, 0.2) is 5.82 Å². The highest BCUT2D eigenvalue weighted by molar-refractivity contribution is 5.81. The number of allylic oxidation sites excluding steroid dienone is 1. The molecule has 1 aromatic carbocycles. The van der Waals surface area contributed by atoms with Crippen molar-refractivity contribution in [3.05, 3.63) is 63.6 Å². The molecular formula is C29H37FN6O. The first kappa shape index (κ1) is 25.4. The van der Waals surface area contributed by atoms with Gasteiger partial charge in [-0.3, -0.25) is 5.41 Å². The quantitative estimate of drug-likeness (QED) is 0.479. The highest BCUT2D eigenvalue weighted by Gasteiger charge is 2.30. The molecule has 3 aliphatic heterocycles. The zero-order chi connectivity index (χ0) is 26.1. The van der Waals surface area contributed by atoms with Crippen LogP contribution in [-0.2, 0) is 4.74 Å². The molecule has 2 fully saturated rings. The van der Waals surface area contributed by atoms with E-state index in [1.807, 2.05) is 26.0 Å². The topological polar surface area (TPSA) is 77.4 Å². The summed E-state index contributed by atoms with van der Waals surface area (Å²) >= 11 is 0. The fourth-order valence-corrected chi connectivity index (χ4v) is 5.68. The molecule has 0 spiro atoms. The number of aryl methyl sites for hydroxylation is 2. The van der Waals surface area contributed by atoms with Crippen LogP contribution < -0.4 is 15.8 Å². The minimum Gasteiger partial charge on any atom is -0.381 e. The third kappa shape index (κ3) is 5.12. The lowest BCUT2D eigenvalue weighted by atomic mass is 9.95. The molecule has 37 heavy (non-hydrogen) atoms. The molecule has 0 saturated carbocycles. The van der Waals surface area contributed by atoms with Gasteiger partial charge in [0.05, 0.1) is 17.6 Å². The molecule has 0 amide bonds. The number of halogens is 1. The number of nitrogens with zero attached hydrogens (tertiary/aromatic N) is 4. The Morgan fingerprint density at radius 2 is 1.86 bits per heavy atom. The Morgan fingerprint density at radius 3 is 2.59 bits per heavy atom. The summed E-state index contributed by atoms with van der Waals surface area (Å²) in [5, 5.41) is 22.9. The number of likely N-dealkylation sites (tertiary alicyclic amines) is 1. The average Bonchev–Trinajstić information content (AvgIpc) is 2.92. The molecule has 8 heteroatoms. The molecule has 3 aliphatic rings. The van der Waals surface area contributed by atoms with E-state index in [9.17, 15) is 4.39 Å². The number of anilines is 1. The number of amidine groups is 1. The molecule has 0 unspecified atom stereocenters. The van der Waals surface area contributed by atoms with Gasteiger partial charge in [0.1, 0.15) is 5.82 Å². The second-order valence-electron chi connectivity index (χ2n) is 10.5. The van der Waals surface area contributed by atoms with Crippen molar-refractivity contribution in [2.45, 2.75) is 58.5 Å². The van der Waals surface area contributed by atoms with Crippen LogP contribution in [0.15, 0.2) is 30.5 Å². The summed E-state index contributed by atoms with van der Waals surface area (Å²) in [6, 6.07) is 5.49. The molecule has 0 bridgehead atoms. The molecular weight excluding hydrogens is 467 g/mol. The summed E-state index contributed by atoms with van der Waals surface area (Å²) < 4.78 is 20.3. The van der Waals surface area contributed by atoms with Crippen LogP contribution in [0, 0.1) is 31.0 Å². The number of benzene rings is 1. The van der Waals surface area contributed by atoms with E-state index >= 15 is 0 Å². The first-order chi connectivity index (χ1) is 17.8. The van der Waals surface area contributed by atoms with E-state index in [1.54, 1.807) is 13.0 Å². The van der Waals surface area contributed by atoms with Crippen LogP contribution in [0.5, 0.6) is 0 Å². The van der Waals surface area contributed by atoms with E-state index < -0.39 is 0 Å². The number of nitrogens with one attached hydrogen (secondary N) is 2. The summed E-state index contributed by atoms with van der Waals surface area (Å²) in [4.78, 5) is 4.50. The van der Waals surface area contributed by atoms with Gasteiger partial charge in [0, 0.05) is 66.2 Å². The monoisotopic (exact) mass is 504 g/mol. The lowest BCUT2D eigenvalue weighted by Gasteiger charge is -2.41. The van der Waals surface area contributed by atoms with Crippen LogP contribution in [0.3, 0.4) is 0 Å². The highest BCUT2D eigenvalue weighted by Crippen LogP contribution is 2.26. The number of rotatable bonds is 5. The smallest absolute Gasteiger partial charge is 0.158 e. The maximum atomic E-state index is 14.8. The standard InChI is InChI=1S/C29H37FN6O/c1-18-6-5-7-24(27(18)30)20(3)32-29-26-17-36(19(2)16-25(26)21(4)33-34-29)23-8-12-35(13-9-23)28(31)22-10-14-37-15-11-22/h5-7,16-17,20,22-23,31H,2,8-15H2,1,3-4H3,(H,32,34)/t20-/m1/s1. The van der Waals surface area contributed by atoms with Gasteiger partial charge < -0.3 is 19.9 Å². The van der Waals surface area contributed by atoms with Gasteiger partial charge in [-0.25, -0.2) is 4.39 Å². The third-order valence-electron chi connectivity index (χ3n) is 7.99. The van der Waals surface area contributed by atoms with E-state index in [0.717, 1.165) is 79.7 Å². The maximum absolute atomic E-state index is 14.8. The number of hydrogen-bond donors (Lipinski definition) is 2. The lowest BCUT2D eigenvalue weighted by Crippen LogP contribution is -2.49. The molecule has 196 valence electrons. The number of hydrogen-bond acceptors (Lipinski definition) is 6. The first-order valence-electron chi connectivity index (χ1n) is 13.3. The molecule has 1 aromatic heterocycles. The average molecular weight is 505 g/mol. The van der Waals surface area contributed by atoms with E-state index in [2.05, 4.69) is 44.2 Å². The van der Waals surface area contributed by atoms with Gasteiger partial charge in [0.2, 0.25) is 0 Å². The van der Waals surface area contributed by atoms with Crippen LogP contribution in [0.4, 0.5) is 10.2 Å². The lowest BCUT2D eigenvalue weighted by molar-refractivity contribution is 0.0783. The normalized spacial score (nSPS) is 19.6. The Bertz CT molecular complexity index is 1310. The second kappa shape index (κ2) is 10.6. The summed E-state index contributed by atoms with van der Waals surface area (Å²) in [6.07, 6.45) is 8.01. The Hall–Kier alpha value is -3.26. The van der Waals surface area contributed by atoms with Crippen LogP contribution >= 0.6 is 0 Å². The van der Waals surface area contributed by atoms with Gasteiger partial charge >= 0.3 is 0 Å². The summed E-state index contributed by atoms with van der Waals surface area (Å²) in [5.41, 5.74) is 3.01. The SMILES string of the molecule is C=C1C=c2c(C)nnc(N[C@H](C)c3cccc(C)c3F)c2=CN1C1CCN(C(=N)C2CCOCC2)CC1. The van der Waals surface area contributed by atoms with Crippen molar-refractivity contribution >= 4 is 23.9 Å². The maximum Gasteiger partial charge on any atom is 0.158 e. The van der Waals surface area contributed by atoms with Gasteiger partial charge in [-0.15, -0.1) is 5.10 Å². The van der Waals surface area contributed by atoms with Crippen molar-refractivity contribution in [1.82, 2.24) is 20.0 Å². The van der Waals surface area contributed by atoms with Crippen molar-refractivity contribution in [2.75, 3.05) is 31.6 Å². The molecule has 7 nitrogen and oxygen atoms in total. The third-order valence-corrected chi connectivity index (χ3v) is 7.99. The Balaban J connectivity index is 1.36. The van der Waals surface area contributed by atoms with Crippen LogP contribution in [0.2, 0.25) is 0 Å². The van der Waals surface area contributed by atoms with Crippen LogP contribution in [0.25, 0.3) is 12.3 Å². The van der Waals surface area contributed by atoms with Gasteiger partial charge in [-0.05, 0) is 58.1 Å². The molecule has 2 saturated heterocycles. The van der Waals surface area contributed by atoms with Crippen molar-refractivity contribution < 1.29 is 9.13 Å². The van der Waals surface area contributed by atoms with Crippen LogP contribution in [0.1, 0.15) is 55.5 Å². The Labute approximate surface area is 218 Å². The van der Waals surface area contributed by atoms with Crippen molar-refractivity contribution in [2.24, 2.45) is 5.92 Å². The largest absolute Gasteiger partial charge is 0.381 e. The molecule has 0 radical (unpaired) electrons. The molecule has 2 aromatic rings. The van der Waals surface area contributed by atoms with E-state index in [-0.39, 0.29) is 11.9 Å². The summed E-state index contributed by atoms with van der Waals surface area (Å²) in [7, 11) is 0. The number of fused-ring (bicyclic) bond motifs is 1. The number of piperidine rings is 1. The number of ether oxygens (including phenoxy) is 1. The molecule has 0 aliphatic carbocycles. The van der Waals surface area contributed by atoms with Crippen molar-refractivity contribution in [1.29, 1.82) is 5.41 Å². The van der Waals surface area contributed by atoms with E-state index in [4.69, 9.17) is 10.1 Å². The van der Waals surface area contributed by atoms with Crippen LogP contribution in [-0.4, -0.2) is 58.2 Å². The van der Waals surface area contributed by atoms with Gasteiger partial charge in [-0.1, -0.05) is 24.8 Å². The fraction of sp³-hybridized carbons (Fsp3) is 0.483. The molecule has 5 rings (SSSR count). The predicted molar refractivity (Wildman–Crippen MR) is 145 cm³/mol. The van der Waals surface area contributed by atoms with Crippen molar-refractivity contribution in [3.63, 3.8) is 0 Å². The van der Waals surface area contributed by atoms with Gasteiger partial charge in [0.25, 0.3) is 0 Å².